The third-order valence-corrected chi connectivity index (χ3v) is 5.12. The fraction of sp³-hybridized carbons (Fsp3) is 0.917. The van der Waals surface area contributed by atoms with Crippen LogP contribution in [0, 0.1) is 0 Å². The maximum atomic E-state index is 5.82. The molecule has 166 valence electrons. The maximum Gasteiger partial charge on any atom is 0.163 e. The van der Waals surface area contributed by atoms with Gasteiger partial charge in [-0.15, -0.1) is 0 Å². The van der Waals surface area contributed by atoms with E-state index < -0.39 is 5.79 Å². The van der Waals surface area contributed by atoms with Crippen molar-refractivity contribution < 1.29 is 18.9 Å². The fourth-order valence-corrected chi connectivity index (χ4v) is 3.53. The van der Waals surface area contributed by atoms with Crippen LogP contribution in [0.4, 0.5) is 0 Å². The second kappa shape index (κ2) is 16.4. The van der Waals surface area contributed by atoms with Gasteiger partial charge in [-0.3, -0.25) is 0 Å². The molecule has 0 aliphatic carbocycles. The standard InChI is InChI=1S/C24H46O4/c1-5-7-8-9-10-11-12-13-14-15-16-17-18-22(26-6-2)19-25-20-23-21-27-24(3,4)28-23/h16-17,22-23H,5-15,18-21H2,1-4H3. The molecule has 2 atom stereocenters. The lowest BCUT2D eigenvalue weighted by Crippen LogP contribution is -2.26. The van der Waals surface area contributed by atoms with Gasteiger partial charge in [-0.05, 0) is 40.0 Å². The Kier molecular flexibility index (Phi) is 15.0. The van der Waals surface area contributed by atoms with Crippen LogP contribution < -0.4 is 0 Å². The highest BCUT2D eigenvalue weighted by Crippen LogP contribution is 2.22. The molecule has 1 fully saturated rings. The number of hydrogen-bond donors (Lipinski definition) is 0. The monoisotopic (exact) mass is 398 g/mol. The Labute approximate surface area is 174 Å². The molecule has 4 heteroatoms. The minimum atomic E-state index is -0.481. The van der Waals surface area contributed by atoms with E-state index in [1.165, 1.54) is 64.2 Å². The Morgan fingerprint density at radius 3 is 2.25 bits per heavy atom. The van der Waals surface area contributed by atoms with Gasteiger partial charge >= 0.3 is 0 Å². The third-order valence-electron chi connectivity index (χ3n) is 5.12. The second-order valence-electron chi connectivity index (χ2n) is 8.39. The molecule has 4 nitrogen and oxygen atoms in total. The summed E-state index contributed by atoms with van der Waals surface area (Å²) in [6, 6.07) is 0. The molecule has 0 radical (unpaired) electrons. The van der Waals surface area contributed by atoms with E-state index in [1.54, 1.807) is 0 Å². The zero-order valence-electron chi connectivity index (χ0n) is 19.0. The van der Waals surface area contributed by atoms with Crippen molar-refractivity contribution in [1.82, 2.24) is 0 Å². The van der Waals surface area contributed by atoms with Crippen molar-refractivity contribution in [2.24, 2.45) is 0 Å². The fourth-order valence-electron chi connectivity index (χ4n) is 3.53. The van der Waals surface area contributed by atoms with Crippen LogP contribution >= 0.6 is 0 Å². The molecule has 1 heterocycles. The third kappa shape index (κ3) is 13.7. The van der Waals surface area contributed by atoms with Gasteiger partial charge in [0.1, 0.15) is 6.10 Å². The molecule has 1 saturated heterocycles. The van der Waals surface area contributed by atoms with Gasteiger partial charge in [0, 0.05) is 6.61 Å². The van der Waals surface area contributed by atoms with Gasteiger partial charge < -0.3 is 18.9 Å². The molecule has 0 bridgehead atoms. The number of hydrogen-bond acceptors (Lipinski definition) is 4. The van der Waals surface area contributed by atoms with E-state index in [0.29, 0.717) is 19.8 Å². The summed E-state index contributed by atoms with van der Waals surface area (Å²) in [6.45, 7) is 10.7. The predicted molar refractivity (Wildman–Crippen MR) is 117 cm³/mol. The number of unbranched alkanes of at least 4 members (excludes halogenated alkanes) is 9. The smallest absolute Gasteiger partial charge is 0.163 e. The first-order chi connectivity index (χ1) is 13.6. The van der Waals surface area contributed by atoms with E-state index in [0.717, 1.165) is 13.0 Å². The van der Waals surface area contributed by atoms with Crippen molar-refractivity contribution in [3.05, 3.63) is 12.2 Å². The SMILES string of the molecule is CCCCCCCCCCCC=CCC(COCC1COC(C)(C)O1)OCC. The summed E-state index contributed by atoms with van der Waals surface area (Å²) in [5, 5.41) is 0. The zero-order chi connectivity index (χ0) is 20.5. The molecule has 1 aliphatic heterocycles. The lowest BCUT2D eigenvalue weighted by atomic mass is 10.1. The quantitative estimate of drug-likeness (QED) is 0.197. The average Bonchev–Trinajstić information content (AvgIpc) is 3.01. The first-order valence-electron chi connectivity index (χ1n) is 11.7. The Balaban J connectivity index is 2.00. The molecule has 0 amide bonds. The van der Waals surface area contributed by atoms with Gasteiger partial charge in [0.15, 0.2) is 5.79 Å². The summed E-state index contributed by atoms with van der Waals surface area (Å²) in [6.07, 6.45) is 19.3. The Morgan fingerprint density at radius 2 is 1.64 bits per heavy atom. The summed E-state index contributed by atoms with van der Waals surface area (Å²) in [5.41, 5.74) is 0. The van der Waals surface area contributed by atoms with Crippen LogP contribution in [-0.2, 0) is 18.9 Å². The lowest BCUT2D eigenvalue weighted by molar-refractivity contribution is -0.146. The molecular weight excluding hydrogens is 352 g/mol. The molecule has 0 spiro atoms. The average molecular weight is 399 g/mol. The molecule has 2 unspecified atom stereocenters. The molecule has 0 aromatic heterocycles. The predicted octanol–water partition coefficient (Wildman–Crippen LogP) is 6.43. The van der Waals surface area contributed by atoms with Gasteiger partial charge in [0.05, 0.1) is 25.9 Å². The molecule has 0 aromatic carbocycles. The molecule has 1 aliphatic rings. The summed E-state index contributed by atoms with van der Waals surface area (Å²) in [5.74, 6) is -0.481. The largest absolute Gasteiger partial charge is 0.376 e. The van der Waals surface area contributed by atoms with Crippen LogP contribution in [0.5, 0.6) is 0 Å². The van der Waals surface area contributed by atoms with E-state index in [4.69, 9.17) is 18.9 Å². The van der Waals surface area contributed by atoms with Gasteiger partial charge in [-0.25, -0.2) is 0 Å². The first-order valence-corrected chi connectivity index (χ1v) is 11.7. The van der Waals surface area contributed by atoms with Gasteiger partial charge in [-0.1, -0.05) is 70.4 Å². The van der Waals surface area contributed by atoms with Gasteiger partial charge in [0.2, 0.25) is 0 Å². The normalized spacial score (nSPS) is 20.2. The Bertz CT molecular complexity index is 381. The van der Waals surface area contributed by atoms with E-state index in [1.807, 2.05) is 20.8 Å². The molecular formula is C24H46O4. The summed E-state index contributed by atoms with van der Waals surface area (Å²) >= 11 is 0. The van der Waals surface area contributed by atoms with E-state index >= 15 is 0 Å². The zero-order valence-corrected chi connectivity index (χ0v) is 19.0. The Morgan fingerprint density at radius 1 is 0.964 bits per heavy atom. The first kappa shape index (κ1) is 25.6. The van der Waals surface area contributed by atoms with Crippen molar-refractivity contribution in [2.45, 2.75) is 116 Å². The van der Waals surface area contributed by atoms with Crippen LogP contribution in [-0.4, -0.2) is 44.4 Å². The Hall–Kier alpha value is -0.420. The van der Waals surface area contributed by atoms with Gasteiger partial charge in [0.25, 0.3) is 0 Å². The molecule has 0 N–H and O–H groups in total. The second-order valence-corrected chi connectivity index (χ2v) is 8.39. The van der Waals surface area contributed by atoms with Crippen molar-refractivity contribution in [3.8, 4) is 0 Å². The van der Waals surface area contributed by atoms with Crippen LogP contribution in [0.1, 0.15) is 98.3 Å². The van der Waals surface area contributed by atoms with Gasteiger partial charge in [-0.2, -0.15) is 0 Å². The summed E-state index contributed by atoms with van der Waals surface area (Å²) in [7, 11) is 0. The van der Waals surface area contributed by atoms with E-state index in [-0.39, 0.29) is 12.2 Å². The number of rotatable bonds is 18. The number of ether oxygens (including phenoxy) is 4. The lowest BCUT2D eigenvalue weighted by Gasteiger charge is -2.19. The maximum absolute atomic E-state index is 5.82. The topological polar surface area (TPSA) is 36.9 Å². The van der Waals surface area contributed by atoms with Crippen molar-refractivity contribution in [3.63, 3.8) is 0 Å². The number of allylic oxidation sites excluding steroid dienone is 1. The van der Waals surface area contributed by atoms with E-state index in [9.17, 15) is 0 Å². The minimum absolute atomic E-state index is 0.0273. The van der Waals surface area contributed by atoms with Crippen LogP contribution in [0.3, 0.4) is 0 Å². The van der Waals surface area contributed by atoms with Crippen LogP contribution in [0.2, 0.25) is 0 Å². The van der Waals surface area contributed by atoms with Crippen molar-refractivity contribution in [1.29, 1.82) is 0 Å². The van der Waals surface area contributed by atoms with Crippen molar-refractivity contribution >= 4 is 0 Å². The minimum Gasteiger partial charge on any atom is -0.376 e. The highest BCUT2D eigenvalue weighted by Gasteiger charge is 2.32. The van der Waals surface area contributed by atoms with Crippen LogP contribution in [0.15, 0.2) is 12.2 Å². The highest BCUT2D eigenvalue weighted by atomic mass is 16.7. The molecule has 0 aromatic rings. The summed E-state index contributed by atoms with van der Waals surface area (Å²) in [4.78, 5) is 0. The molecule has 28 heavy (non-hydrogen) atoms. The highest BCUT2D eigenvalue weighted by molar-refractivity contribution is 4.84. The van der Waals surface area contributed by atoms with E-state index in [2.05, 4.69) is 19.1 Å². The molecule has 1 rings (SSSR count). The van der Waals surface area contributed by atoms with Crippen LogP contribution in [0.25, 0.3) is 0 Å². The van der Waals surface area contributed by atoms with Crippen molar-refractivity contribution in [2.75, 3.05) is 26.4 Å². The summed E-state index contributed by atoms with van der Waals surface area (Å²) < 4.78 is 22.9. The molecule has 0 saturated carbocycles.